The first kappa shape index (κ1) is 35.1. The van der Waals surface area contributed by atoms with Gasteiger partial charge in [-0.3, -0.25) is 9.59 Å². The Morgan fingerprint density at radius 1 is 0.571 bits per heavy atom. The number of rotatable bonds is 1. The minimum absolute atomic E-state index is 0.202. The molecule has 0 radical (unpaired) electrons. The Hall–Kier alpha value is 1.81. The Bertz CT molecular complexity index is 1830. The molecule has 2 aliphatic rings. The first-order valence-electron chi connectivity index (χ1n) is 11.6. The summed E-state index contributed by atoms with van der Waals surface area (Å²) in [5.41, 5.74) is 0. The average Bonchev–Trinajstić information content (AvgIpc) is 3.78. The number of hydrogen-bond donors (Lipinski definition) is 0. The van der Waals surface area contributed by atoms with Gasteiger partial charge in [-0.25, -0.2) is 0 Å². The van der Waals surface area contributed by atoms with Crippen LogP contribution in [0.4, 0.5) is 0 Å². The molecule has 0 saturated heterocycles. The molecule has 0 aliphatic carbocycles. The fourth-order valence-electron chi connectivity index (χ4n) is 3.71. The van der Waals surface area contributed by atoms with E-state index in [0.717, 1.165) is 9.40 Å². The fourth-order valence-corrected chi connectivity index (χ4v) is 18.2. The molecule has 6 aromatic heterocycles. The zero-order valence-electron chi connectivity index (χ0n) is 21.3. The van der Waals surface area contributed by atoms with Crippen LogP contribution in [0.25, 0.3) is 28.6 Å². The first-order chi connectivity index (χ1) is 20.2. The van der Waals surface area contributed by atoms with Crippen LogP contribution in [-0.2, 0) is 11.2 Å². The first-order valence-corrected chi connectivity index (χ1v) is 26.9. The van der Waals surface area contributed by atoms with Gasteiger partial charge in [0.2, 0.25) is 0 Å². The summed E-state index contributed by atoms with van der Waals surface area (Å²) in [5, 5.41) is 8.51. The summed E-state index contributed by atoms with van der Waals surface area (Å²) in [6.07, 6.45) is 0. The van der Waals surface area contributed by atoms with Gasteiger partial charge in [-0.15, -0.1) is 81.1 Å². The molecule has 0 aromatic carbocycles. The molecular weight excluding hydrogens is 867 g/mol. The molecular formula is C24H18Cl3FeO2S12. The van der Waals surface area contributed by atoms with Crippen molar-refractivity contribution in [2.75, 3.05) is 23.0 Å². The molecule has 0 atom stereocenters. The van der Waals surface area contributed by atoms with Crippen LogP contribution in [0.1, 0.15) is 9.75 Å². The smallest absolute Gasteiger partial charge is 0.0315 e. The monoisotopic (exact) mass is 883 g/mol. The van der Waals surface area contributed by atoms with Gasteiger partial charge in [-0.2, -0.15) is 11.3 Å². The minimum Gasteiger partial charge on any atom is -0.150 e. The second-order valence-corrected chi connectivity index (χ2v) is 26.3. The molecule has 2 aliphatic heterocycles. The van der Waals surface area contributed by atoms with Gasteiger partial charge in [0.15, 0.2) is 0 Å². The van der Waals surface area contributed by atoms with Crippen LogP contribution >= 0.6 is 168 Å². The summed E-state index contributed by atoms with van der Waals surface area (Å²) in [6, 6.07) is 0. The van der Waals surface area contributed by atoms with Crippen LogP contribution < -0.4 is 8.11 Å². The van der Waals surface area contributed by atoms with E-state index in [0.29, 0.717) is 0 Å². The number of fused-ring (bicyclic) bond motifs is 4. The molecule has 0 bridgehead atoms. The van der Waals surface area contributed by atoms with E-state index in [9.17, 15) is 9.59 Å². The zero-order valence-corrected chi connectivity index (χ0v) is 34.5. The molecule has 18 heteroatoms. The van der Waals surface area contributed by atoms with E-state index in [4.69, 9.17) is 30.3 Å². The molecule has 0 unspecified atom stereocenters. The van der Waals surface area contributed by atoms with E-state index < -0.39 is 11.2 Å². The Morgan fingerprint density at radius 3 is 1.67 bits per heavy atom. The van der Waals surface area contributed by atoms with Crippen molar-refractivity contribution in [1.29, 1.82) is 0 Å². The van der Waals surface area contributed by atoms with Gasteiger partial charge in [0.25, 0.3) is 8.11 Å². The zero-order chi connectivity index (χ0) is 29.8. The quantitative estimate of drug-likeness (QED) is 0.153. The molecule has 227 valence electrons. The number of halogens is 3. The molecule has 2 nitrogen and oxygen atoms in total. The number of thioether (sulfide) groups is 4. The van der Waals surface area contributed by atoms with Crippen LogP contribution in [0.5, 0.6) is 0 Å². The van der Waals surface area contributed by atoms with Gasteiger partial charge >= 0.3 is 41.5 Å². The van der Waals surface area contributed by atoms with E-state index in [1.807, 2.05) is 91.8 Å². The maximum atomic E-state index is 11.7. The van der Waals surface area contributed by atoms with Crippen molar-refractivity contribution >= 4 is 187 Å². The summed E-state index contributed by atoms with van der Waals surface area (Å²) in [5.74, 6) is 4.97. The SMILES string of the molecule is Cc1sc(-c2sc(C)c3sc(=O)sc23)c2c1SCCS2.O=c1sc2cscc2s1.[Cl][Fe]([Cl])[Cl].c1scc2c1SCCS2. The Kier molecular flexibility index (Phi) is 14.0. The molecule has 0 spiro atoms. The molecule has 42 heavy (non-hydrogen) atoms. The van der Waals surface area contributed by atoms with Crippen molar-refractivity contribution < 1.29 is 11.2 Å². The predicted molar refractivity (Wildman–Crippen MR) is 205 cm³/mol. The van der Waals surface area contributed by atoms with Crippen molar-refractivity contribution in [2.45, 2.75) is 33.4 Å². The third kappa shape index (κ3) is 9.03. The summed E-state index contributed by atoms with van der Waals surface area (Å²) < 4.78 is 5.10. The van der Waals surface area contributed by atoms with Gasteiger partial charge < -0.3 is 0 Å². The standard InChI is InChI=1S/C13H10OS6.C6H6S3.C5H2OS3.3ClH.Fe/c1-5-7-9(16-4-3-15-7)11(17-5)12-10-8(6(2)18-12)19-13(14)20-10;1-2-9-6-4-7-3-5(6)8-1;6-5-8-3-1-7-2-4(3)9-5;;;;/h3-4H2,1-2H3;3-4H,1-2H2;1-2H;3*1H;/q;;;;;;+3/p-3. The van der Waals surface area contributed by atoms with Crippen LogP contribution in [0.15, 0.2) is 50.7 Å². The van der Waals surface area contributed by atoms with E-state index in [1.165, 1.54) is 117 Å². The van der Waals surface area contributed by atoms with Crippen LogP contribution in [0.3, 0.4) is 0 Å². The van der Waals surface area contributed by atoms with Crippen LogP contribution in [0.2, 0.25) is 0 Å². The number of thiophene rings is 4. The maximum absolute atomic E-state index is 11.7. The molecule has 0 fully saturated rings. The Balaban J connectivity index is 0.000000133. The Labute approximate surface area is 308 Å². The Morgan fingerprint density at radius 2 is 1.05 bits per heavy atom. The molecule has 8 heterocycles. The van der Waals surface area contributed by atoms with Crippen molar-refractivity contribution in [1.82, 2.24) is 0 Å². The normalized spacial score (nSPS) is 14.2. The van der Waals surface area contributed by atoms with E-state index in [-0.39, 0.29) is 8.11 Å². The third-order valence-corrected chi connectivity index (χ3v) is 19.8. The van der Waals surface area contributed by atoms with E-state index in [2.05, 4.69) is 24.6 Å². The summed E-state index contributed by atoms with van der Waals surface area (Å²) in [4.78, 5) is 33.8. The number of hydrogen-bond acceptors (Lipinski definition) is 14. The predicted octanol–water partition coefficient (Wildman–Crippen LogP) is 13.3. The minimum atomic E-state index is -1.33. The molecule has 0 amide bonds. The van der Waals surface area contributed by atoms with Crippen molar-refractivity contribution in [3.05, 3.63) is 49.0 Å². The van der Waals surface area contributed by atoms with E-state index in [1.54, 1.807) is 11.3 Å². The summed E-state index contributed by atoms with van der Waals surface area (Å²) in [6.45, 7) is 4.35. The average molecular weight is 885 g/mol. The number of aryl methyl sites for hydroxylation is 2. The van der Waals surface area contributed by atoms with Gasteiger partial charge in [-0.1, -0.05) is 45.3 Å². The second-order valence-electron chi connectivity index (χ2n) is 7.95. The third-order valence-electron chi connectivity index (χ3n) is 5.30. The largest absolute Gasteiger partial charge is 0.150 e. The molecule has 6 aromatic rings. The fraction of sp³-hybridized carbons (Fsp3) is 0.250. The summed E-state index contributed by atoms with van der Waals surface area (Å²) in [7, 11) is 14.7. The molecule has 8 rings (SSSR count). The van der Waals surface area contributed by atoms with Gasteiger partial charge in [0.1, 0.15) is 0 Å². The molecule has 0 saturated carbocycles. The van der Waals surface area contributed by atoms with Gasteiger partial charge in [0.05, 0.1) is 28.6 Å². The summed E-state index contributed by atoms with van der Waals surface area (Å²) >= 11 is 19.3. The van der Waals surface area contributed by atoms with E-state index >= 15 is 0 Å². The van der Waals surface area contributed by atoms with Gasteiger partial charge in [0, 0.05) is 73.9 Å². The second kappa shape index (κ2) is 16.8. The van der Waals surface area contributed by atoms with Crippen molar-refractivity contribution in [3.8, 4) is 9.75 Å². The topological polar surface area (TPSA) is 34.1 Å². The maximum Gasteiger partial charge on any atom is 0.0315 e. The van der Waals surface area contributed by atoms with Crippen molar-refractivity contribution in [3.63, 3.8) is 0 Å². The molecule has 0 N–H and O–H groups in total. The van der Waals surface area contributed by atoms with Crippen molar-refractivity contribution in [2.24, 2.45) is 0 Å². The van der Waals surface area contributed by atoms with Crippen LogP contribution in [-0.4, -0.2) is 23.0 Å². The van der Waals surface area contributed by atoms with Gasteiger partial charge in [-0.05, 0) is 13.8 Å². The van der Waals surface area contributed by atoms with Crippen LogP contribution in [0, 0.1) is 13.8 Å².